The molecule has 0 amide bonds. The van der Waals surface area contributed by atoms with Gasteiger partial charge in [-0.15, -0.1) is 0 Å². The third-order valence-electron chi connectivity index (χ3n) is 7.15. The second-order valence-corrected chi connectivity index (χ2v) is 10.2. The number of methoxy groups -OCH3 is 1. The van der Waals surface area contributed by atoms with Crippen LogP contribution in [0.15, 0.2) is 90.6 Å². The van der Waals surface area contributed by atoms with Crippen LogP contribution >= 0.6 is 22.6 Å². The van der Waals surface area contributed by atoms with Crippen molar-refractivity contribution in [1.29, 1.82) is 0 Å². The van der Waals surface area contributed by atoms with Crippen molar-refractivity contribution in [3.63, 3.8) is 0 Å². The van der Waals surface area contributed by atoms with Crippen LogP contribution in [0.2, 0.25) is 0 Å². The molecule has 3 aromatic rings. The van der Waals surface area contributed by atoms with E-state index in [9.17, 15) is 24.3 Å². The largest absolute Gasteiger partial charge is 0.504 e. The van der Waals surface area contributed by atoms with Crippen LogP contribution in [0.3, 0.4) is 0 Å². The minimum atomic E-state index is -0.658. The van der Waals surface area contributed by atoms with E-state index in [1.807, 2.05) is 28.7 Å². The molecule has 1 aliphatic heterocycles. The monoisotopic (exact) mass is 609 g/mol. The van der Waals surface area contributed by atoms with Crippen LogP contribution in [0.1, 0.15) is 23.9 Å². The second kappa shape index (κ2) is 8.58. The SMILES string of the molecule is COc1cc([C@H]2C3=CCn4c(=O)n(-c5ccccc5)c(=O)n4[C@@H]3CC3=C2C(=O)C(I)=CC3=O)ccc1O. The summed E-state index contributed by atoms with van der Waals surface area (Å²) in [6.07, 6.45) is 3.28. The Morgan fingerprint density at radius 2 is 1.78 bits per heavy atom. The Balaban J connectivity index is 1.59. The average Bonchev–Trinajstić information content (AvgIpc) is 3.16. The number of fused-ring (bicyclic) bond motifs is 3. The molecule has 37 heavy (non-hydrogen) atoms. The summed E-state index contributed by atoms with van der Waals surface area (Å²) in [7, 11) is 1.43. The van der Waals surface area contributed by atoms with Crippen molar-refractivity contribution in [2.24, 2.45) is 0 Å². The molecule has 3 aliphatic rings. The van der Waals surface area contributed by atoms with Crippen LogP contribution in [0.5, 0.6) is 11.5 Å². The molecule has 0 unspecified atom stereocenters. The van der Waals surface area contributed by atoms with Crippen LogP contribution in [0, 0.1) is 0 Å². The number of phenols is 1. The fraction of sp³-hybridized carbons (Fsp3) is 0.185. The number of ketones is 2. The minimum Gasteiger partial charge on any atom is -0.504 e. The second-order valence-electron chi connectivity index (χ2n) is 9.03. The van der Waals surface area contributed by atoms with Gasteiger partial charge in [-0.2, -0.15) is 0 Å². The first kappa shape index (κ1) is 23.5. The summed E-state index contributed by atoms with van der Waals surface area (Å²) in [5, 5.41) is 10.2. The minimum absolute atomic E-state index is 0.0593. The van der Waals surface area contributed by atoms with Gasteiger partial charge in [0.15, 0.2) is 23.1 Å². The highest BCUT2D eigenvalue weighted by Gasteiger charge is 2.45. The highest BCUT2D eigenvalue weighted by molar-refractivity contribution is 14.1. The van der Waals surface area contributed by atoms with Crippen molar-refractivity contribution in [1.82, 2.24) is 13.9 Å². The van der Waals surface area contributed by atoms with Gasteiger partial charge in [0.2, 0.25) is 0 Å². The number of para-hydroxylation sites is 1. The Morgan fingerprint density at radius 1 is 1.03 bits per heavy atom. The Kier molecular flexibility index (Phi) is 5.44. The van der Waals surface area contributed by atoms with E-state index in [0.29, 0.717) is 26.0 Å². The van der Waals surface area contributed by atoms with E-state index in [-0.39, 0.29) is 36.0 Å². The van der Waals surface area contributed by atoms with Gasteiger partial charge in [-0.3, -0.25) is 9.59 Å². The summed E-state index contributed by atoms with van der Waals surface area (Å²) < 4.78 is 9.52. The number of hydrogen-bond donors (Lipinski definition) is 1. The van der Waals surface area contributed by atoms with E-state index >= 15 is 0 Å². The van der Waals surface area contributed by atoms with Gasteiger partial charge in [-0.25, -0.2) is 23.5 Å². The van der Waals surface area contributed by atoms with E-state index in [1.54, 1.807) is 42.5 Å². The topological polar surface area (TPSA) is 113 Å². The first-order valence-electron chi connectivity index (χ1n) is 11.6. The van der Waals surface area contributed by atoms with Crippen LogP contribution in [-0.2, 0) is 16.1 Å². The molecule has 2 aromatic carbocycles. The molecule has 1 aromatic heterocycles. The fourth-order valence-corrected chi connectivity index (χ4v) is 6.09. The lowest BCUT2D eigenvalue weighted by atomic mass is 9.69. The highest BCUT2D eigenvalue weighted by atomic mass is 127. The third kappa shape index (κ3) is 3.42. The summed E-state index contributed by atoms with van der Waals surface area (Å²) >= 11 is 1.87. The van der Waals surface area contributed by atoms with E-state index in [2.05, 4.69) is 0 Å². The number of carbonyl (C=O) groups excluding carboxylic acids is 2. The molecule has 2 aliphatic carbocycles. The van der Waals surface area contributed by atoms with Crippen LogP contribution in [-0.4, -0.2) is 37.7 Å². The molecular weight excluding hydrogens is 589 g/mol. The molecule has 186 valence electrons. The normalized spacial score (nSPS) is 20.6. The van der Waals surface area contributed by atoms with Crippen molar-refractivity contribution < 1.29 is 19.4 Å². The fourth-order valence-electron chi connectivity index (χ4n) is 5.52. The predicted molar refractivity (Wildman–Crippen MR) is 143 cm³/mol. The summed E-state index contributed by atoms with van der Waals surface area (Å²) in [6, 6.07) is 12.8. The number of ether oxygens (including phenoxy) is 1. The van der Waals surface area contributed by atoms with Gasteiger partial charge in [-0.05, 0) is 58.0 Å². The number of nitrogens with zero attached hydrogens (tertiary/aromatic N) is 3. The molecule has 2 atom stereocenters. The smallest absolute Gasteiger partial charge is 0.352 e. The molecular formula is C27H20IN3O6. The lowest BCUT2D eigenvalue weighted by Gasteiger charge is -2.39. The zero-order valence-corrected chi connectivity index (χ0v) is 21.7. The molecule has 0 fully saturated rings. The number of aromatic hydroxyl groups is 1. The van der Waals surface area contributed by atoms with Crippen LogP contribution < -0.4 is 16.1 Å². The van der Waals surface area contributed by atoms with Crippen molar-refractivity contribution in [3.05, 3.63) is 108 Å². The molecule has 0 bridgehead atoms. The summed E-state index contributed by atoms with van der Waals surface area (Å²) in [5.41, 5.74) is 1.52. The lowest BCUT2D eigenvalue weighted by molar-refractivity contribution is -0.115. The first-order valence-corrected chi connectivity index (χ1v) is 12.7. The Labute approximate surface area is 223 Å². The number of carbonyl (C=O) groups is 2. The van der Waals surface area contributed by atoms with Gasteiger partial charge in [0.1, 0.15) is 0 Å². The Bertz CT molecular complexity index is 1720. The van der Waals surface area contributed by atoms with Gasteiger partial charge < -0.3 is 9.84 Å². The molecule has 10 heteroatoms. The lowest BCUT2D eigenvalue weighted by Crippen LogP contribution is -2.40. The van der Waals surface area contributed by atoms with E-state index in [0.717, 1.165) is 10.1 Å². The summed E-state index contributed by atoms with van der Waals surface area (Å²) in [4.78, 5) is 53.6. The highest BCUT2D eigenvalue weighted by Crippen LogP contribution is 2.51. The molecule has 0 spiro atoms. The number of halogens is 1. The average molecular weight is 609 g/mol. The number of aromatic nitrogens is 3. The van der Waals surface area contributed by atoms with Gasteiger partial charge in [0, 0.05) is 29.6 Å². The number of phenolic OH excluding ortho intramolecular Hbond substituents is 1. The van der Waals surface area contributed by atoms with E-state index in [1.165, 1.54) is 28.6 Å². The van der Waals surface area contributed by atoms with Gasteiger partial charge in [0.05, 0.1) is 29.0 Å². The number of benzene rings is 2. The molecule has 0 radical (unpaired) electrons. The quantitative estimate of drug-likeness (QED) is 0.278. The molecule has 0 saturated heterocycles. The third-order valence-corrected chi connectivity index (χ3v) is 7.95. The zero-order valence-electron chi connectivity index (χ0n) is 19.6. The van der Waals surface area contributed by atoms with Crippen LogP contribution in [0.25, 0.3) is 5.69 Å². The van der Waals surface area contributed by atoms with Crippen LogP contribution in [0.4, 0.5) is 0 Å². The molecule has 0 saturated carbocycles. The maximum atomic E-state index is 13.7. The van der Waals surface area contributed by atoms with Gasteiger partial charge in [0.25, 0.3) is 0 Å². The number of Topliss-reactive ketones (excluding diaryl/α,β-unsaturated/α-hetero) is 1. The van der Waals surface area contributed by atoms with E-state index < -0.39 is 23.3 Å². The molecule has 9 nitrogen and oxygen atoms in total. The molecule has 2 heterocycles. The van der Waals surface area contributed by atoms with Crippen molar-refractivity contribution in [2.75, 3.05) is 7.11 Å². The zero-order chi connectivity index (χ0) is 26.0. The summed E-state index contributed by atoms with van der Waals surface area (Å²) in [5.74, 6) is -1.03. The maximum absolute atomic E-state index is 13.7. The standard InChI is InChI=1S/C27H20IN3O6/c1-37-22-11-14(7-8-20(22)32)23-16-9-10-29-26(35)30(15-5-3-2-4-6-15)27(36)31(29)19(16)12-17-21(33)13-18(28)25(34)24(17)23/h2-9,11,13,19,23,32H,10,12H2,1H3/t19-,23+/m1/s1. The van der Waals surface area contributed by atoms with Gasteiger partial charge >= 0.3 is 11.4 Å². The first-order chi connectivity index (χ1) is 17.8. The molecule has 1 N–H and O–H groups in total. The number of rotatable bonds is 3. The van der Waals surface area contributed by atoms with Gasteiger partial charge in [-0.1, -0.05) is 30.3 Å². The van der Waals surface area contributed by atoms with Crippen molar-refractivity contribution >= 4 is 34.2 Å². The summed E-state index contributed by atoms with van der Waals surface area (Å²) in [6.45, 7) is 0.128. The van der Waals surface area contributed by atoms with Crippen molar-refractivity contribution in [3.8, 4) is 17.2 Å². The van der Waals surface area contributed by atoms with E-state index in [4.69, 9.17) is 4.74 Å². The number of allylic oxidation sites excluding steroid dienone is 6. The Morgan fingerprint density at radius 3 is 2.51 bits per heavy atom. The maximum Gasteiger partial charge on any atom is 0.352 e. The van der Waals surface area contributed by atoms with Crippen molar-refractivity contribution in [2.45, 2.75) is 24.9 Å². The number of hydrogen-bond acceptors (Lipinski definition) is 6. The predicted octanol–water partition coefficient (Wildman–Crippen LogP) is 2.95. The molecule has 6 rings (SSSR count). The Hall–Kier alpha value is -3.93.